The standard InChI is InChI=1S/C20H32O/c1-3-4-5-7-10-17(2)21-20-15-13-19(14-16-20)18-11-8-6-9-12-18/h13-18H,3-12H2,1-2H3. The molecule has 1 atom stereocenters. The summed E-state index contributed by atoms with van der Waals surface area (Å²) in [7, 11) is 0. The van der Waals surface area contributed by atoms with E-state index in [0.29, 0.717) is 6.10 Å². The molecule has 1 nitrogen and oxygen atoms in total. The van der Waals surface area contributed by atoms with Crippen molar-refractivity contribution >= 4 is 0 Å². The van der Waals surface area contributed by atoms with Gasteiger partial charge in [0.1, 0.15) is 5.75 Å². The van der Waals surface area contributed by atoms with Crippen LogP contribution >= 0.6 is 0 Å². The molecule has 1 aromatic rings. The largest absolute Gasteiger partial charge is 0.491 e. The quantitative estimate of drug-likeness (QED) is 0.498. The molecular weight excluding hydrogens is 256 g/mol. The summed E-state index contributed by atoms with van der Waals surface area (Å²) in [5.74, 6) is 1.83. The van der Waals surface area contributed by atoms with Gasteiger partial charge in [-0.15, -0.1) is 0 Å². The van der Waals surface area contributed by atoms with Crippen molar-refractivity contribution in [3.63, 3.8) is 0 Å². The van der Waals surface area contributed by atoms with Crippen LogP contribution in [0.3, 0.4) is 0 Å². The molecule has 1 aliphatic rings. The van der Waals surface area contributed by atoms with Crippen LogP contribution in [-0.4, -0.2) is 6.10 Å². The van der Waals surface area contributed by atoms with E-state index in [9.17, 15) is 0 Å². The highest BCUT2D eigenvalue weighted by Gasteiger charge is 2.15. The molecule has 21 heavy (non-hydrogen) atoms. The second kappa shape index (κ2) is 9.12. The van der Waals surface area contributed by atoms with Crippen LogP contribution < -0.4 is 4.74 Å². The molecule has 0 saturated heterocycles. The first-order chi connectivity index (χ1) is 10.3. The summed E-state index contributed by atoms with van der Waals surface area (Å²) < 4.78 is 6.04. The van der Waals surface area contributed by atoms with Gasteiger partial charge >= 0.3 is 0 Å². The Balaban J connectivity index is 1.76. The monoisotopic (exact) mass is 288 g/mol. The first-order valence-electron chi connectivity index (χ1n) is 9.06. The van der Waals surface area contributed by atoms with Gasteiger partial charge in [-0.05, 0) is 56.2 Å². The van der Waals surface area contributed by atoms with Gasteiger partial charge in [-0.25, -0.2) is 0 Å². The molecule has 0 radical (unpaired) electrons. The van der Waals surface area contributed by atoms with Crippen LogP contribution in [0.15, 0.2) is 24.3 Å². The van der Waals surface area contributed by atoms with E-state index >= 15 is 0 Å². The van der Waals surface area contributed by atoms with E-state index in [-0.39, 0.29) is 0 Å². The number of rotatable bonds is 8. The Bertz CT molecular complexity index is 375. The molecule has 0 amide bonds. The molecule has 0 N–H and O–H groups in total. The van der Waals surface area contributed by atoms with Crippen LogP contribution in [0.5, 0.6) is 5.75 Å². The minimum absolute atomic E-state index is 0.336. The molecule has 0 heterocycles. The molecule has 1 aromatic carbocycles. The predicted molar refractivity (Wildman–Crippen MR) is 91.1 cm³/mol. The van der Waals surface area contributed by atoms with E-state index < -0.39 is 0 Å². The van der Waals surface area contributed by atoms with Crippen molar-refractivity contribution in [1.82, 2.24) is 0 Å². The topological polar surface area (TPSA) is 9.23 Å². The van der Waals surface area contributed by atoms with Gasteiger partial charge in [0.15, 0.2) is 0 Å². The number of hydrogen-bond acceptors (Lipinski definition) is 1. The fourth-order valence-corrected chi connectivity index (χ4v) is 3.40. The maximum atomic E-state index is 6.04. The lowest BCUT2D eigenvalue weighted by Gasteiger charge is -2.22. The van der Waals surface area contributed by atoms with E-state index in [2.05, 4.69) is 38.1 Å². The molecular formula is C20H32O. The van der Waals surface area contributed by atoms with Crippen LogP contribution in [0, 0.1) is 0 Å². The second-order valence-corrected chi connectivity index (χ2v) is 6.68. The highest BCUT2D eigenvalue weighted by Crippen LogP contribution is 2.33. The van der Waals surface area contributed by atoms with E-state index in [1.54, 1.807) is 0 Å². The van der Waals surface area contributed by atoms with Crippen molar-refractivity contribution in [3.8, 4) is 5.75 Å². The fraction of sp³-hybridized carbons (Fsp3) is 0.700. The average molecular weight is 288 g/mol. The third-order valence-corrected chi connectivity index (χ3v) is 4.76. The zero-order chi connectivity index (χ0) is 14.9. The van der Waals surface area contributed by atoms with Crippen LogP contribution in [0.1, 0.15) is 89.5 Å². The van der Waals surface area contributed by atoms with E-state index in [0.717, 1.165) is 11.7 Å². The van der Waals surface area contributed by atoms with Gasteiger partial charge in [0.25, 0.3) is 0 Å². The van der Waals surface area contributed by atoms with Crippen molar-refractivity contribution < 1.29 is 4.74 Å². The molecule has 118 valence electrons. The minimum Gasteiger partial charge on any atom is -0.491 e. The Morgan fingerprint density at radius 2 is 1.71 bits per heavy atom. The molecule has 0 aromatic heterocycles. The number of benzene rings is 1. The van der Waals surface area contributed by atoms with Gasteiger partial charge in [-0.3, -0.25) is 0 Å². The summed E-state index contributed by atoms with van der Waals surface area (Å²) in [4.78, 5) is 0. The summed E-state index contributed by atoms with van der Waals surface area (Å²) in [5, 5.41) is 0. The molecule has 1 fully saturated rings. The average Bonchev–Trinajstić information content (AvgIpc) is 2.53. The third-order valence-electron chi connectivity index (χ3n) is 4.76. The Kier molecular flexibility index (Phi) is 7.12. The molecule has 1 unspecified atom stereocenters. The van der Waals surface area contributed by atoms with Crippen molar-refractivity contribution in [2.24, 2.45) is 0 Å². The summed E-state index contributed by atoms with van der Waals surface area (Å²) >= 11 is 0. The number of unbranched alkanes of at least 4 members (excludes halogenated alkanes) is 3. The third kappa shape index (κ3) is 5.73. The summed E-state index contributed by atoms with van der Waals surface area (Å²) in [5.41, 5.74) is 1.51. The van der Waals surface area contributed by atoms with Gasteiger partial charge in [-0.1, -0.05) is 57.6 Å². The Hall–Kier alpha value is -0.980. The van der Waals surface area contributed by atoms with Crippen molar-refractivity contribution in [2.45, 2.75) is 90.1 Å². The summed E-state index contributed by atoms with van der Waals surface area (Å²) in [6.07, 6.45) is 13.7. The highest BCUT2D eigenvalue weighted by atomic mass is 16.5. The first kappa shape index (κ1) is 16.4. The normalized spacial score (nSPS) is 17.6. The van der Waals surface area contributed by atoms with E-state index in [1.807, 2.05) is 0 Å². The fourth-order valence-electron chi connectivity index (χ4n) is 3.40. The molecule has 0 bridgehead atoms. The molecule has 1 aliphatic carbocycles. The van der Waals surface area contributed by atoms with E-state index in [1.165, 1.54) is 69.8 Å². The molecule has 0 aliphatic heterocycles. The lowest BCUT2D eigenvalue weighted by molar-refractivity contribution is 0.206. The van der Waals surface area contributed by atoms with Gasteiger partial charge < -0.3 is 4.74 Å². The minimum atomic E-state index is 0.336. The SMILES string of the molecule is CCCCCCC(C)Oc1ccc(C2CCCCC2)cc1. The Labute approximate surface area is 131 Å². The smallest absolute Gasteiger partial charge is 0.119 e. The summed E-state index contributed by atoms with van der Waals surface area (Å²) in [6, 6.07) is 8.92. The predicted octanol–water partition coefficient (Wildman–Crippen LogP) is 6.47. The Morgan fingerprint density at radius 3 is 2.38 bits per heavy atom. The van der Waals surface area contributed by atoms with Gasteiger partial charge in [-0.2, -0.15) is 0 Å². The van der Waals surface area contributed by atoms with Crippen LogP contribution in [0.4, 0.5) is 0 Å². The van der Waals surface area contributed by atoms with Crippen molar-refractivity contribution in [3.05, 3.63) is 29.8 Å². The Morgan fingerprint density at radius 1 is 1.00 bits per heavy atom. The zero-order valence-electron chi connectivity index (χ0n) is 13.9. The highest BCUT2D eigenvalue weighted by molar-refractivity contribution is 5.29. The maximum Gasteiger partial charge on any atom is 0.119 e. The van der Waals surface area contributed by atoms with Crippen LogP contribution in [0.2, 0.25) is 0 Å². The number of ether oxygens (including phenoxy) is 1. The summed E-state index contributed by atoms with van der Waals surface area (Å²) in [6.45, 7) is 4.45. The van der Waals surface area contributed by atoms with Gasteiger partial charge in [0, 0.05) is 0 Å². The van der Waals surface area contributed by atoms with Crippen LogP contribution in [-0.2, 0) is 0 Å². The van der Waals surface area contributed by atoms with Crippen molar-refractivity contribution in [1.29, 1.82) is 0 Å². The molecule has 2 rings (SSSR count). The second-order valence-electron chi connectivity index (χ2n) is 6.68. The van der Waals surface area contributed by atoms with Gasteiger partial charge in [0.05, 0.1) is 6.10 Å². The van der Waals surface area contributed by atoms with E-state index in [4.69, 9.17) is 4.74 Å². The molecule has 1 heteroatoms. The first-order valence-corrected chi connectivity index (χ1v) is 9.06. The maximum absolute atomic E-state index is 6.04. The molecule has 1 saturated carbocycles. The van der Waals surface area contributed by atoms with Gasteiger partial charge in [0.2, 0.25) is 0 Å². The lowest BCUT2D eigenvalue weighted by atomic mass is 9.84. The number of hydrogen-bond donors (Lipinski definition) is 0. The lowest BCUT2D eigenvalue weighted by Crippen LogP contribution is -2.11. The molecule has 0 spiro atoms. The van der Waals surface area contributed by atoms with Crippen LogP contribution in [0.25, 0.3) is 0 Å². The zero-order valence-corrected chi connectivity index (χ0v) is 13.9. The van der Waals surface area contributed by atoms with Crippen molar-refractivity contribution in [2.75, 3.05) is 0 Å².